The molecule has 0 saturated heterocycles. The molecule has 0 saturated carbocycles. The van der Waals surface area contributed by atoms with Crippen molar-refractivity contribution < 1.29 is 13.2 Å². The van der Waals surface area contributed by atoms with Gasteiger partial charge >= 0.3 is 0 Å². The lowest BCUT2D eigenvalue weighted by molar-refractivity contribution is 0.357. The Hall–Kier alpha value is -2.95. The molecule has 2 aliphatic rings. The molecule has 1 atom stereocenters. The van der Waals surface area contributed by atoms with Crippen LogP contribution in [0.25, 0.3) is 5.76 Å². The lowest BCUT2D eigenvalue weighted by Gasteiger charge is -2.36. The fourth-order valence-electron chi connectivity index (χ4n) is 3.38. The van der Waals surface area contributed by atoms with Gasteiger partial charge in [-0.25, -0.2) is 8.42 Å². The molecule has 0 aliphatic carbocycles. The van der Waals surface area contributed by atoms with Crippen molar-refractivity contribution in [2.75, 3.05) is 11.4 Å². The monoisotopic (exact) mass is 399 g/mol. The first-order chi connectivity index (χ1) is 12.9. The Morgan fingerprint density at radius 1 is 1.19 bits per heavy atom. The molecule has 2 aromatic carbocycles. The highest BCUT2D eigenvalue weighted by molar-refractivity contribution is 7.96. The topological polar surface area (TPSA) is 96.4 Å². The summed E-state index contributed by atoms with van der Waals surface area (Å²) in [6.45, 7) is 0. The molecule has 0 fully saturated rings. The standard InChI is InChI=1S/C19H14ClN3O3S/c1-23-15-5-3-2-4-13(15)17-18(27(23,24)25)16(14(10-21)19(22)26-17)11-6-8-12(20)9-7-11/h2-9,16H,22H2,1H3/t16-/m1/s1. The van der Waals surface area contributed by atoms with Gasteiger partial charge in [0, 0.05) is 17.6 Å². The second kappa shape index (κ2) is 6.05. The zero-order valence-electron chi connectivity index (χ0n) is 14.2. The number of hydrogen-bond donors (Lipinski definition) is 1. The van der Waals surface area contributed by atoms with Crippen LogP contribution in [0.2, 0.25) is 5.02 Å². The average Bonchev–Trinajstić information content (AvgIpc) is 2.66. The highest BCUT2D eigenvalue weighted by atomic mass is 35.5. The maximum absolute atomic E-state index is 13.3. The first-order valence-corrected chi connectivity index (χ1v) is 9.83. The van der Waals surface area contributed by atoms with Crippen LogP contribution in [-0.4, -0.2) is 15.5 Å². The van der Waals surface area contributed by atoms with Crippen LogP contribution in [0.5, 0.6) is 0 Å². The van der Waals surface area contributed by atoms with E-state index in [-0.39, 0.29) is 22.1 Å². The van der Waals surface area contributed by atoms with E-state index >= 15 is 0 Å². The van der Waals surface area contributed by atoms with Crippen molar-refractivity contribution in [3.63, 3.8) is 0 Å². The van der Waals surface area contributed by atoms with E-state index in [0.717, 1.165) is 0 Å². The zero-order chi connectivity index (χ0) is 19.3. The third-order valence-corrected chi connectivity index (χ3v) is 6.85. The summed E-state index contributed by atoms with van der Waals surface area (Å²) in [5.41, 5.74) is 7.72. The average molecular weight is 400 g/mol. The minimum atomic E-state index is -3.94. The third-order valence-electron chi connectivity index (χ3n) is 4.70. The highest BCUT2D eigenvalue weighted by Gasteiger charge is 2.46. The number of rotatable bonds is 1. The number of para-hydroxylation sites is 1. The number of anilines is 1. The van der Waals surface area contributed by atoms with Crippen LogP contribution < -0.4 is 10.0 Å². The molecule has 2 heterocycles. The maximum atomic E-state index is 13.3. The summed E-state index contributed by atoms with van der Waals surface area (Å²) in [7, 11) is -2.46. The Balaban J connectivity index is 2.07. The highest BCUT2D eigenvalue weighted by Crippen LogP contribution is 2.50. The third kappa shape index (κ3) is 2.49. The first kappa shape index (κ1) is 17.5. The molecular formula is C19H14ClN3O3S. The molecule has 0 spiro atoms. The van der Waals surface area contributed by atoms with Crippen molar-refractivity contribution >= 4 is 33.1 Å². The molecule has 2 N–H and O–H groups in total. The number of benzene rings is 2. The molecule has 2 aliphatic heterocycles. The first-order valence-electron chi connectivity index (χ1n) is 8.02. The molecule has 27 heavy (non-hydrogen) atoms. The summed E-state index contributed by atoms with van der Waals surface area (Å²) >= 11 is 5.97. The number of allylic oxidation sites excluding steroid dienone is 2. The number of nitrogens with zero attached hydrogens (tertiary/aromatic N) is 2. The van der Waals surface area contributed by atoms with Crippen LogP contribution >= 0.6 is 11.6 Å². The summed E-state index contributed by atoms with van der Waals surface area (Å²) in [5, 5.41) is 10.1. The van der Waals surface area contributed by atoms with Crippen molar-refractivity contribution in [2.45, 2.75) is 5.92 Å². The molecule has 8 heteroatoms. The van der Waals surface area contributed by atoms with Gasteiger partial charge in [0.25, 0.3) is 10.0 Å². The van der Waals surface area contributed by atoms with Crippen molar-refractivity contribution in [3.05, 3.63) is 81.0 Å². The summed E-state index contributed by atoms with van der Waals surface area (Å²) in [4.78, 5) is -0.00299. The van der Waals surface area contributed by atoms with E-state index in [9.17, 15) is 13.7 Å². The summed E-state index contributed by atoms with van der Waals surface area (Å²) < 4.78 is 33.5. The van der Waals surface area contributed by atoms with Crippen molar-refractivity contribution in [1.29, 1.82) is 5.26 Å². The van der Waals surface area contributed by atoms with Crippen molar-refractivity contribution in [2.24, 2.45) is 5.73 Å². The van der Waals surface area contributed by atoms with Gasteiger partial charge in [0.2, 0.25) is 5.88 Å². The van der Waals surface area contributed by atoms with Gasteiger partial charge < -0.3 is 10.5 Å². The molecule has 0 bridgehead atoms. The van der Waals surface area contributed by atoms with Gasteiger partial charge in [-0.1, -0.05) is 35.9 Å². The molecule has 4 rings (SSSR count). The van der Waals surface area contributed by atoms with Gasteiger partial charge in [-0.3, -0.25) is 4.31 Å². The molecule has 0 aromatic heterocycles. The predicted molar refractivity (Wildman–Crippen MR) is 103 cm³/mol. The Labute approximate surface area is 161 Å². The molecule has 2 aromatic rings. The largest absolute Gasteiger partial charge is 0.439 e. The van der Waals surface area contributed by atoms with Gasteiger partial charge in [0.05, 0.1) is 11.6 Å². The Kier molecular flexibility index (Phi) is 3.91. The molecule has 0 unspecified atom stereocenters. The smallest absolute Gasteiger partial charge is 0.264 e. The SMILES string of the molecule is CN1c2ccccc2C2=C([C@H](c3ccc(Cl)cc3)C(C#N)=C(N)O2)S1(=O)=O. The Morgan fingerprint density at radius 3 is 2.52 bits per heavy atom. The Bertz CT molecular complexity index is 1160. The molecule has 0 amide bonds. The number of hydrogen-bond acceptors (Lipinski definition) is 5. The van der Waals surface area contributed by atoms with Crippen LogP contribution in [0.4, 0.5) is 5.69 Å². The van der Waals surface area contributed by atoms with E-state index in [1.807, 2.05) is 6.07 Å². The van der Waals surface area contributed by atoms with Crippen molar-refractivity contribution in [1.82, 2.24) is 0 Å². The molecule has 136 valence electrons. The fourth-order valence-corrected chi connectivity index (χ4v) is 5.16. The van der Waals surface area contributed by atoms with E-state index < -0.39 is 15.9 Å². The van der Waals surface area contributed by atoms with Crippen LogP contribution in [0, 0.1) is 11.3 Å². The van der Waals surface area contributed by atoms with E-state index in [2.05, 4.69) is 0 Å². The minimum Gasteiger partial charge on any atom is -0.439 e. The lowest BCUT2D eigenvalue weighted by atomic mass is 9.88. The van der Waals surface area contributed by atoms with Crippen LogP contribution in [0.1, 0.15) is 17.0 Å². The van der Waals surface area contributed by atoms with E-state index in [4.69, 9.17) is 22.1 Å². The van der Waals surface area contributed by atoms with E-state index in [0.29, 0.717) is 21.8 Å². The van der Waals surface area contributed by atoms with Gasteiger partial charge in [0.15, 0.2) is 5.76 Å². The fraction of sp³-hybridized carbons (Fsp3) is 0.105. The molecule has 0 radical (unpaired) electrons. The number of fused-ring (bicyclic) bond motifs is 2. The van der Waals surface area contributed by atoms with Crippen molar-refractivity contribution in [3.8, 4) is 6.07 Å². The van der Waals surface area contributed by atoms with Gasteiger partial charge in [-0.15, -0.1) is 0 Å². The maximum Gasteiger partial charge on any atom is 0.264 e. The summed E-state index contributed by atoms with van der Waals surface area (Å²) in [6.07, 6.45) is 0. The number of nitrogens with two attached hydrogens (primary N) is 1. The summed E-state index contributed by atoms with van der Waals surface area (Å²) in [6, 6.07) is 15.6. The van der Waals surface area contributed by atoms with Gasteiger partial charge in [-0.2, -0.15) is 5.26 Å². The minimum absolute atomic E-state index is 0.00299. The van der Waals surface area contributed by atoms with Gasteiger partial charge in [-0.05, 0) is 29.8 Å². The van der Waals surface area contributed by atoms with Crippen LogP contribution in [0.15, 0.2) is 64.9 Å². The summed E-state index contributed by atoms with van der Waals surface area (Å²) in [5.74, 6) is -0.831. The van der Waals surface area contributed by atoms with E-state index in [1.54, 1.807) is 48.5 Å². The second-order valence-electron chi connectivity index (χ2n) is 6.16. The number of halogens is 1. The van der Waals surface area contributed by atoms with Gasteiger partial charge in [0.1, 0.15) is 16.5 Å². The predicted octanol–water partition coefficient (Wildman–Crippen LogP) is 3.30. The normalized spacial score (nSPS) is 20.5. The number of nitriles is 1. The number of sulfonamides is 1. The van der Waals surface area contributed by atoms with Crippen LogP contribution in [-0.2, 0) is 14.8 Å². The quantitative estimate of drug-likeness (QED) is 0.793. The molecular weight excluding hydrogens is 386 g/mol. The Morgan fingerprint density at radius 2 is 1.85 bits per heavy atom. The lowest BCUT2D eigenvalue weighted by Crippen LogP contribution is -2.37. The van der Waals surface area contributed by atoms with E-state index in [1.165, 1.54) is 11.4 Å². The zero-order valence-corrected chi connectivity index (χ0v) is 15.8. The van der Waals surface area contributed by atoms with Crippen LogP contribution in [0.3, 0.4) is 0 Å². The second-order valence-corrected chi connectivity index (χ2v) is 8.53. The molecule has 6 nitrogen and oxygen atoms in total. The number of ether oxygens (including phenoxy) is 1.